The summed E-state index contributed by atoms with van der Waals surface area (Å²) in [7, 11) is 0. The van der Waals surface area contributed by atoms with Crippen LogP contribution in [0.15, 0.2) is 83.0 Å². The molecule has 9 heteroatoms. The number of Topliss-reactive ketones (excluding diaryl/α,β-unsaturated/α-hetero) is 2. The zero-order chi connectivity index (χ0) is 29.9. The molecule has 0 aromatic carbocycles. The first-order valence-corrected chi connectivity index (χ1v) is 13.5. The van der Waals surface area contributed by atoms with Crippen LogP contribution in [-0.4, -0.2) is 50.4 Å². The first-order chi connectivity index (χ1) is 18.9. The van der Waals surface area contributed by atoms with Gasteiger partial charge in [-0.05, 0) is 38.3 Å². The highest BCUT2D eigenvalue weighted by atomic mass is 16.3. The van der Waals surface area contributed by atoms with Crippen LogP contribution in [0.3, 0.4) is 0 Å². The fourth-order valence-electron chi connectivity index (χ4n) is 4.29. The minimum Gasteiger partial charge on any atom is -0.510 e. The van der Waals surface area contributed by atoms with E-state index < -0.39 is 29.3 Å². The van der Waals surface area contributed by atoms with E-state index in [-0.39, 0.29) is 42.2 Å². The monoisotopic (exact) mass is 552 g/mol. The van der Waals surface area contributed by atoms with Crippen molar-refractivity contribution < 1.29 is 34.5 Å². The lowest BCUT2D eigenvalue weighted by Crippen LogP contribution is -2.46. The van der Waals surface area contributed by atoms with Crippen molar-refractivity contribution in [2.45, 2.75) is 77.9 Å². The van der Waals surface area contributed by atoms with Gasteiger partial charge < -0.3 is 26.0 Å². The van der Waals surface area contributed by atoms with Gasteiger partial charge >= 0.3 is 0 Å². The van der Waals surface area contributed by atoms with Gasteiger partial charge in [-0.3, -0.25) is 19.2 Å². The summed E-state index contributed by atoms with van der Waals surface area (Å²) in [4.78, 5) is 48.7. The molecule has 0 aromatic rings. The summed E-state index contributed by atoms with van der Waals surface area (Å²) in [6.07, 6.45) is 15.1. The van der Waals surface area contributed by atoms with Gasteiger partial charge in [-0.25, -0.2) is 0 Å². The molecule has 3 atom stereocenters. The Bertz CT molecular complexity index is 1220. The predicted molar refractivity (Wildman–Crippen MR) is 152 cm³/mol. The second kappa shape index (κ2) is 15.1. The lowest BCUT2D eigenvalue weighted by molar-refractivity contribution is -0.125. The van der Waals surface area contributed by atoms with Crippen LogP contribution in [0.25, 0.3) is 0 Å². The van der Waals surface area contributed by atoms with E-state index in [2.05, 4.69) is 30.6 Å². The van der Waals surface area contributed by atoms with Crippen LogP contribution in [0, 0.1) is 5.92 Å². The minimum atomic E-state index is -1.91. The van der Waals surface area contributed by atoms with Gasteiger partial charge in [0.2, 0.25) is 5.91 Å². The van der Waals surface area contributed by atoms with Crippen molar-refractivity contribution in [3.63, 3.8) is 0 Å². The number of carbonyl (C=O) groups is 4. The van der Waals surface area contributed by atoms with Crippen LogP contribution in [-0.2, 0) is 19.2 Å². The molecule has 0 fully saturated rings. The molecule has 0 saturated carbocycles. The third-order valence-corrected chi connectivity index (χ3v) is 6.55. The van der Waals surface area contributed by atoms with E-state index in [0.717, 1.165) is 37.0 Å². The van der Waals surface area contributed by atoms with Crippen molar-refractivity contribution in [1.82, 2.24) is 10.6 Å². The largest absolute Gasteiger partial charge is 0.510 e. The highest BCUT2D eigenvalue weighted by molar-refractivity contribution is 6.04. The standard InChI is InChI=1S/C31H40N2O7/c1-5-6-11-20(2)16-21(3)17-22(4)30(39)32-23-19-31(40,27(37)18-26(23)36)15-10-8-7-9-12-28(38)33-29-24(34)13-14-25(29)35/h7-10,12,15-17,19-20,27,34,37,40H,5-6,11,13-14,18H2,1-4H3,(H,32,39)(H,33,38)/b8-7+,12-9+,15-10+,21-16+,22-17+/t20-,27+,31-/m1/s1. The van der Waals surface area contributed by atoms with Crippen molar-refractivity contribution in [2.75, 3.05) is 0 Å². The maximum atomic E-state index is 12.7. The Morgan fingerprint density at radius 3 is 2.45 bits per heavy atom. The molecule has 2 rings (SSSR count). The van der Waals surface area contributed by atoms with Crippen LogP contribution < -0.4 is 10.6 Å². The second-order valence-electron chi connectivity index (χ2n) is 10.2. The molecule has 0 aromatic heterocycles. The predicted octanol–water partition coefficient (Wildman–Crippen LogP) is 3.69. The molecule has 216 valence electrons. The van der Waals surface area contributed by atoms with Gasteiger partial charge in [0.05, 0.1) is 11.8 Å². The molecule has 2 amide bonds. The molecule has 5 N–H and O–H groups in total. The Morgan fingerprint density at radius 2 is 1.80 bits per heavy atom. The number of hydrogen-bond acceptors (Lipinski definition) is 7. The molecular formula is C31H40N2O7. The first kappa shape index (κ1) is 32.4. The second-order valence-corrected chi connectivity index (χ2v) is 10.2. The summed E-state index contributed by atoms with van der Waals surface area (Å²) >= 11 is 0. The van der Waals surface area contributed by atoms with Gasteiger partial charge in [-0.2, -0.15) is 0 Å². The summed E-state index contributed by atoms with van der Waals surface area (Å²) in [5.41, 5.74) is -0.761. The number of amides is 2. The lowest BCUT2D eigenvalue weighted by Gasteiger charge is -2.31. The van der Waals surface area contributed by atoms with Crippen LogP contribution in [0.1, 0.15) is 66.2 Å². The normalized spacial score (nSPS) is 23.4. The zero-order valence-corrected chi connectivity index (χ0v) is 23.6. The topological polar surface area (TPSA) is 153 Å². The van der Waals surface area contributed by atoms with Gasteiger partial charge in [0, 0.05) is 30.9 Å². The minimum absolute atomic E-state index is 0.0921. The summed E-state index contributed by atoms with van der Waals surface area (Å²) in [6.45, 7) is 7.82. The number of rotatable bonds is 12. The van der Waals surface area contributed by atoms with Crippen molar-refractivity contribution in [3.8, 4) is 0 Å². The summed E-state index contributed by atoms with van der Waals surface area (Å²) in [5.74, 6) is -1.66. The molecule has 0 heterocycles. The van der Waals surface area contributed by atoms with Gasteiger partial charge in [-0.1, -0.05) is 68.7 Å². The van der Waals surface area contributed by atoms with E-state index in [9.17, 15) is 34.5 Å². The number of aliphatic hydroxyl groups excluding tert-OH is 2. The molecule has 0 radical (unpaired) electrons. The average Bonchev–Trinajstić information content (AvgIpc) is 3.20. The third-order valence-electron chi connectivity index (χ3n) is 6.55. The smallest absolute Gasteiger partial charge is 0.251 e. The Hall–Kier alpha value is -3.82. The van der Waals surface area contributed by atoms with Crippen LogP contribution >= 0.6 is 0 Å². The van der Waals surface area contributed by atoms with Crippen molar-refractivity contribution in [1.29, 1.82) is 0 Å². The molecule has 0 saturated heterocycles. The number of allylic oxidation sites excluding steroid dienone is 10. The van der Waals surface area contributed by atoms with Gasteiger partial charge in [0.1, 0.15) is 17.1 Å². The van der Waals surface area contributed by atoms with Gasteiger partial charge in [0.25, 0.3) is 5.91 Å². The lowest BCUT2D eigenvalue weighted by atomic mass is 9.85. The van der Waals surface area contributed by atoms with E-state index in [4.69, 9.17) is 0 Å². The van der Waals surface area contributed by atoms with Crippen molar-refractivity contribution >= 4 is 23.4 Å². The molecule has 0 unspecified atom stereocenters. The number of ketones is 2. The summed E-state index contributed by atoms with van der Waals surface area (Å²) in [5, 5.41) is 35.8. The highest BCUT2D eigenvalue weighted by Gasteiger charge is 2.39. The average molecular weight is 553 g/mol. The Labute approximate surface area is 235 Å². The molecule has 0 spiro atoms. The van der Waals surface area contributed by atoms with Gasteiger partial charge in [0.15, 0.2) is 11.6 Å². The van der Waals surface area contributed by atoms with Gasteiger partial charge in [-0.15, -0.1) is 0 Å². The molecule has 0 bridgehead atoms. The number of hydrogen-bond donors (Lipinski definition) is 5. The van der Waals surface area contributed by atoms with E-state index in [1.54, 1.807) is 13.0 Å². The Balaban J connectivity index is 2.03. The highest BCUT2D eigenvalue weighted by Crippen LogP contribution is 2.26. The maximum Gasteiger partial charge on any atom is 0.251 e. The Morgan fingerprint density at radius 1 is 1.10 bits per heavy atom. The van der Waals surface area contributed by atoms with E-state index in [1.807, 2.05) is 6.92 Å². The fraction of sp³-hybridized carbons (Fsp3) is 0.419. The summed E-state index contributed by atoms with van der Waals surface area (Å²) < 4.78 is 0. The quantitative estimate of drug-likeness (QED) is 0.183. The number of unbranched alkanes of at least 4 members (excludes halogenated alkanes) is 1. The van der Waals surface area contributed by atoms with Crippen LogP contribution in [0.2, 0.25) is 0 Å². The number of nitrogens with one attached hydrogen (secondary N) is 2. The zero-order valence-electron chi connectivity index (χ0n) is 23.6. The first-order valence-electron chi connectivity index (χ1n) is 13.5. The van der Waals surface area contributed by atoms with E-state index in [1.165, 1.54) is 30.4 Å². The number of aliphatic hydroxyl groups is 3. The molecule has 0 aliphatic heterocycles. The molecule has 2 aliphatic rings. The number of carbonyl (C=O) groups excluding carboxylic acids is 4. The fourth-order valence-corrected chi connectivity index (χ4v) is 4.29. The van der Waals surface area contributed by atoms with Crippen molar-refractivity contribution in [2.24, 2.45) is 5.92 Å². The summed E-state index contributed by atoms with van der Waals surface area (Å²) in [6, 6.07) is 0. The molecule has 2 aliphatic carbocycles. The molecule has 40 heavy (non-hydrogen) atoms. The maximum absolute atomic E-state index is 12.7. The molecular weight excluding hydrogens is 512 g/mol. The SMILES string of the molecule is CCCC[C@@H](C)/C=C(C)/C=C(\C)C(=O)NC1=C[C@](O)(/C=C/C=C/C=C/C(=O)NC2=C(O)CCC2=O)[C@@H](O)CC1=O. The van der Waals surface area contributed by atoms with E-state index in [0.29, 0.717) is 11.5 Å². The third kappa shape index (κ3) is 9.73. The van der Waals surface area contributed by atoms with Crippen molar-refractivity contribution in [3.05, 3.63) is 83.0 Å². The molecule has 9 nitrogen and oxygen atoms in total. The van der Waals surface area contributed by atoms with Crippen LogP contribution in [0.4, 0.5) is 0 Å². The van der Waals surface area contributed by atoms with Crippen LogP contribution in [0.5, 0.6) is 0 Å². The Kier molecular flexibility index (Phi) is 12.2. The van der Waals surface area contributed by atoms with E-state index >= 15 is 0 Å².